The molecule has 0 saturated heterocycles. The summed E-state index contributed by atoms with van der Waals surface area (Å²) < 4.78 is 25.8. The van der Waals surface area contributed by atoms with E-state index in [1.54, 1.807) is 18.2 Å². The van der Waals surface area contributed by atoms with Crippen molar-refractivity contribution in [3.05, 3.63) is 58.1 Å². The summed E-state index contributed by atoms with van der Waals surface area (Å²) in [6.45, 7) is -0.0982. The van der Waals surface area contributed by atoms with Crippen molar-refractivity contribution in [2.24, 2.45) is 0 Å². The van der Waals surface area contributed by atoms with Crippen LogP contribution in [0.25, 0.3) is 0 Å². The van der Waals surface area contributed by atoms with Gasteiger partial charge in [-0.05, 0) is 24.3 Å². The van der Waals surface area contributed by atoms with Crippen LogP contribution >= 0.6 is 23.2 Å². The largest absolute Gasteiger partial charge is 0.375 e. The van der Waals surface area contributed by atoms with Crippen LogP contribution in [0.3, 0.4) is 0 Å². The molecular formula is C14H10Cl2F2N2O. The van der Waals surface area contributed by atoms with Crippen LogP contribution in [0.1, 0.15) is 0 Å². The molecule has 0 spiro atoms. The fourth-order valence-electron chi connectivity index (χ4n) is 1.59. The Morgan fingerprint density at radius 1 is 1.10 bits per heavy atom. The third kappa shape index (κ3) is 4.06. The van der Waals surface area contributed by atoms with Gasteiger partial charge in [0.1, 0.15) is 0 Å². The number of anilines is 2. The Kier molecular flexibility index (Phi) is 4.98. The monoisotopic (exact) mass is 330 g/mol. The van der Waals surface area contributed by atoms with E-state index in [0.29, 0.717) is 15.7 Å². The minimum atomic E-state index is -1.03. The highest BCUT2D eigenvalue weighted by molar-refractivity contribution is 6.43. The van der Waals surface area contributed by atoms with Gasteiger partial charge >= 0.3 is 0 Å². The maximum Gasteiger partial charge on any atom is 0.243 e. The smallest absolute Gasteiger partial charge is 0.243 e. The molecule has 0 bridgehead atoms. The van der Waals surface area contributed by atoms with Gasteiger partial charge in [-0.15, -0.1) is 0 Å². The van der Waals surface area contributed by atoms with Crippen LogP contribution in [0, 0.1) is 11.6 Å². The van der Waals surface area contributed by atoms with E-state index < -0.39 is 17.5 Å². The molecule has 0 aliphatic carbocycles. The molecule has 21 heavy (non-hydrogen) atoms. The third-order valence-corrected chi connectivity index (χ3v) is 3.41. The zero-order valence-corrected chi connectivity index (χ0v) is 12.1. The van der Waals surface area contributed by atoms with Crippen LogP contribution < -0.4 is 10.6 Å². The van der Waals surface area contributed by atoms with Crippen molar-refractivity contribution in [2.45, 2.75) is 0 Å². The predicted octanol–water partition coefficient (Wildman–Crippen LogP) is 4.32. The van der Waals surface area contributed by atoms with E-state index in [9.17, 15) is 13.6 Å². The van der Waals surface area contributed by atoms with Crippen molar-refractivity contribution >= 4 is 40.5 Å². The second kappa shape index (κ2) is 6.74. The van der Waals surface area contributed by atoms with Gasteiger partial charge in [0, 0.05) is 11.8 Å². The van der Waals surface area contributed by atoms with Gasteiger partial charge in [0.25, 0.3) is 0 Å². The maximum atomic E-state index is 13.0. The zero-order chi connectivity index (χ0) is 15.4. The van der Waals surface area contributed by atoms with E-state index in [1.165, 1.54) is 6.07 Å². The van der Waals surface area contributed by atoms with Crippen LogP contribution in [-0.2, 0) is 4.79 Å². The van der Waals surface area contributed by atoms with E-state index in [2.05, 4.69) is 10.6 Å². The number of amides is 1. The van der Waals surface area contributed by atoms with Crippen molar-refractivity contribution in [2.75, 3.05) is 17.2 Å². The summed E-state index contributed by atoms with van der Waals surface area (Å²) in [5.74, 6) is -2.44. The normalized spacial score (nSPS) is 10.3. The fourth-order valence-corrected chi connectivity index (χ4v) is 1.96. The third-order valence-electron chi connectivity index (χ3n) is 2.59. The van der Waals surface area contributed by atoms with Crippen molar-refractivity contribution in [1.29, 1.82) is 0 Å². The number of hydrogen-bond acceptors (Lipinski definition) is 2. The molecule has 2 N–H and O–H groups in total. The van der Waals surface area contributed by atoms with E-state index in [4.69, 9.17) is 23.2 Å². The number of carbonyl (C=O) groups is 1. The first-order valence-electron chi connectivity index (χ1n) is 5.90. The lowest BCUT2D eigenvalue weighted by Gasteiger charge is -2.10. The van der Waals surface area contributed by atoms with E-state index >= 15 is 0 Å². The summed E-state index contributed by atoms with van der Waals surface area (Å²) in [5, 5.41) is 5.90. The molecule has 2 aromatic rings. The Hall–Kier alpha value is -1.85. The minimum absolute atomic E-state index is 0.0982. The SMILES string of the molecule is O=C(CNc1cccc(Cl)c1Cl)Nc1ccc(F)c(F)c1. The van der Waals surface area contributed by atoms with Crippen LogP contribution in [0.15, 0.2) is 36.4 Å². The second-order valence-corrected chi connectivity index (χ2v) is 4.92. The van der Waals surface area contributed by atoms with Gasteiger partial charge in [-0.1, -0.05) is 29.3 Å². The second-order valence-electron chi connectivity index (χ2n) is 4.13. The molecule has 0 heterocycles. The van der Waals surface area contributed by atoms with Gasteiger partial charge in [0.2, 0.25) is 5.91 Å². The first kappa shape index (κ1) is 15.5. The van der Waals surface area contributed by atoms with Crippen molar-refractivity contribution < 1.29 is 13.6 Å². The number of halogens is 4. The lowest BCUT2D eigenvalue weighted by atomic mass is 10.3. The molecule has 2 aromatic carbocycles. The molecule has 3 nitrogen and oxygen atoms in total. The van der Waals surface area contributed by atoms with Crippen molar-refractivity contribution in [3.63, 3.8) is 0 Å². The first-order chi connectivity index (χ1) is 9.97. The summed E-state index contributed by atoms with van der Waals surface area (Å²) in [5.41, 5.74) is 0.669. The maximum absolute atomic E-state index is 13.0. The van der Waals surface area contributed by atoms with Gasteiger partial charge in [-0.2, -0.15) is 0 Å². The molecule has 0 radical (unpaired) electrons. The molecule has 2 rings (SSSR count). The van der Waals surface area contributed by atoms with Crippen LogP contribution in [0.5, 0.6) is 0 Å². The van der Waals surface area contributed by atoms with E-state index in [-0.39, 0.29) is 12.2 Å². The topological polar surface area (TPSA) is 41.1 Å². The fraction of sp³-hybridized carbons (Fsp3) is 0.0714. The molecule has 0 aliphatic heterocycles. The molecule has 0 aliphatic rings. The summed E-state index contributed by atoms with van der Waals surface area (Å²) in [4.78, 5) is 11.7. The summed E-state index contributed by atoms with van der Waals surface area (Å²) in [7, 11) is 0. The summed E-state index contributed by atoms with van der Waals surface area (Å²) >= 11 is 11.8. The lowest BCUT2D eigenvalue weighted by molar-refractivity contribution is -0.114. The molecule has 0 atom stereocenters. The highest BCUT2D eigenvalue weighted by atomic mass is 35.5. The molecular weight excluding hydrogens is 321 g/mol. The Labute approximate surface area is 129 Å². The number of benzene rings is 2. The average Bonchev–Trinajstić information content (AvgIpc) is 2.44. The predicted molar refractivity (Wildman–Crippen MR) is 79.9 cm³/mol. The molecule has 0 saturated carbocycles. The molecule has 110 valence electrons. The number of rotatable bonds is 4. The van der Waals surface area contributed by atoms with Crippen molar-refractivity contribution in [1.82, 2.24) is 0 Å². The lowest BCUT2D eigenvalue weighted by Crippen LogP contribution is -2.22. The Balaban J connectivity index is 1.96. The van der Waals surface area contributed by atoms with Crippen LogP contribution in [0.4, 0.5) is 20.2 Å². The Bertz CT molecular complexity index is 680. The van der Waals surface area contributed by atoms with Gasteiger partial charge < -0.3 is 10.6 Å². The number of carbonyl (C=O) groups excluding carboxylic acids is 1. The first-order valence-corrected chi connectivity index (χ1v) is 6.66. The molecule has 0 fully saturated rings. The summed E-state index contributed by atoms with van der Waals surface area (Å²) in [6, 6.07) is 8.08. The average molecular weight is 331 g/mol. The van der Waals surface area contributed by atoms with Crippen LogP contribution in [0.2, 0.25) is 10.0 Å². The highest BCUT2D eigenvalue weighted by Crippen LogP contribution is 2.29. The molecule has 0 aromatic heterocycles. The van der Waals surface area contributed by atoms with Gasteiger partial charge in [0.15, 0.2) is 11.6 Å². The zero-order valence-electron chi connectivity index (χ0n) is 10.6. The molecule has 7 heteroatoms. The molecule has 1 amide bonds. The Morgan fingerprint density at radius 2 is 1.86 bits per heavy atom. The van der Waals surface area contributed by atoms with Gasteiger partial charge in [-0.25, -0.2) is 8.78 Å². The minimum Gasteiger partial charge on any atom is -0.375 e. The Morgan fingerprint density at radius 3 is 2.57 bits per heavy atom. The number of nitrogens with one attached hydrogen (secondary N) is 2. The van der Waals surface area contributed by atoms with Gasteiger partial charge in [0.05, 0.1) is 22.3 Å². The van der Waals surface area contributed by atoms with E-state index in [1.807, 2.05) is 0 Å². The van der Waals surface area contributed by atoms with Crippen LogP contribution in [-0.4, -0.2) is 12.5 Å². The highest BCUT2D eigenvalue weighted by Gasteiger charge is 2.08. The standard InChI is InChI=1S/C14H10Cl2F2N2O/c15-9-2-1-3-12(14(9)16)19-7-13(21)20-8-4-5-10(17)11(18)6-8/h1-6,19H,7H2,(H,20,21). The molecule has 0 unspecified atom stereocenters. The van der Waals surface area contributed by atoms with E-state index in [0.717, 1.165) is 12.1 Å². The summed E-state index contributed by atoms with van der Waals surface area (Å²) in [6.07, 6.45) is 0. The van der Waals surface area contributed by atoms with Gasteiger partial charge in [-0.3, -0.25) is 4.79 Å². The van der Waals surface area contributed by atoms with Crippen molar-refractivity contribution in [3.8, 4) is 0 Å². The quantitative estimate of drug-likeness (QED) is 0.876. The number of hydrogen-bond donors (Lipinski definition) is 2.